The minimum absolute atomic E-state index is 0.135. The molecule has 0 bridgehead atoms. The third-order valence-electron chi connectivity index (χ3n) is 4.22. The quantitative estimate of drug-likeness (QED) is 0.689. The smallest absolute Gasteiger partial charge is 0.319 e. The van der Waals surface area contributed by atoms with Crippen LogP contribution in [0.2, 0.25) is 0 Å². The molecule has 1 saturated carbocycles. The van der Waals surface area contributed by atoms with Crippen molar-refractivity contribution in [3.8, 4) is 0 Å². The van der Waals surface area contributed by atoms with Crippen LogP contribution in [0.5, 0.6) is 0 Å². The molecule has 0 aliphatic heterocycles. The highest BCUT2D eigenvalue weighted by atomic mass is 16.2. The Balaban J connectivity index is 1.95. The highest BCUT2D eigenvalue weighted by Crippen LogP contribution is 2.21. The largest absolute Gasteiger partial charge is 0.335 e. The molecular weight excluding hydrogens is 292 g/mol. The number of nitrogens with one attached hydrogen (secondary N) is 4. The van der Waals surface area contributed by atoms with Gasteiger partial charge in [-0.3, -0.25) is 4.79 Å². The summed E-state index contributed by atoms with van der Waals surface area (Å²) in [7, 11) is 1.96. The van der Waals surface area contributed by atoms with Gasteiger partial charge in [0.2, 0.25) is 5.91 Å². The number of urea groups is 1. The molecule has 2 unspecified atom stereocenters. The molecule has 0 heterocycles. The lowest BCUT2D eigenvalue weighted by molar-refractivity contribution is -0.114. The van der Waals surface area contributed by atoms with E-state index < -0.39 is 0 Å². The summed E-state index contributed by atoms with van der Waals surface area (Å²) in [5.74, 6) is -0.135. The number of carbonyl (C=O) groups is 2. The van der Waals surface area contributed by atoms with Gasteiger partial charge in [-0.25, -0.2) is 4.79 Å². The summed E-state index contributed by atoms with van der Waals surface area (Å²) in [5, 5.41) is 11.9. The normalized spacial score (nSPS) is 20.7. The van der Waals surface area contributed by atoms with Gasteiger partial charge in [0.25, 0.3) is 0 Å². The zero-order chi connectivity index (χ0) is 16.8. The van der Waals surface area contributed by atoms with Gasteiger partial charge in [-0.15, -0.1) is 0 Å². The Hall–Kier alpha value is -2.08. The fraction of sp³-hybridized carbons (Fsp3) is 0.529. The van der Waals surface area contributed by atoms with Crippen LogP contribution in [0.15, 0.2) is 18.2 Å². The van der Waals surface area contributed by atoms with Crippen LogP contribution < -0.4 is 21.3 Å². The van der Waals surface area contributed by atoms with Crippen LogP contribution in [0.25, 0.3) is 0 Å². The molecule has 1 fully saturated rings. The number of amides is 3. The predicted octanol–water partition coefficient (Wildman–Crippen LogP) is 2.61. The van der Waals surface area contributed by atoms with Crippen LogP contribution in [0.3, 0.4) is 0 Å². The summed E-state index contributed by atoms with van der Waals surface area (Å²) in [6.45, 7) is 3.38. The van der Waals surface area contributed by atoms with E-state index in [4.69, 9.17) is 0 Å². The number of rotatable bonds is 4. The Labute approximate surface area is 137 Å². The molecule has 0 radical (unpaired) electrons. The van der Waals surface area contributed by atoms with Gasteiger partial charge in [-0.05, 0) is 57.4 Å². The summed E-state index contributed by atoms with van der Waals surface area (Å²) in [5.41, 5.74) is 2.33. The van der Waals surface area contributed by atoms with Gasteiger partial charge in [0.1, 0.15) is 0 Å². The molecule has 126 valence electrons. The van der Waals surface area contributed by atoms with Crippen LogP contribution in [0.4, 0.5) is 16.2 Å². The van der Waals surface area contributed by atoms with Crippen LogP contribution in [-0.4, -0.2) is 31.1 Å². The number of aryl methyl sites for hydroxylation is 1. The van der Waals surface area contributed by atoms with Crippen molar-refractivity contribution in [3.63, 3.8) is 0 Å². The number of anilines is 2. The molecule has 4 N–H and O–H groups in total. The third-order valence-corrected chi connectivity index (χ3v) is 4.22. The van der Waals surface area contributed by atoms with E-state index in [0.29, 0.717) is 17.4 Å². The predicted molar refractivity (Wildman–Crippen MR) is 92.7 cm³/mol. The first-order chi connectivity index (χ1) is 11.0. The molecule has 6 nitrogen and oxygen atoms in total. The Morgan fingerprint density at radius 2 is 1.87 bits per heavy atom. The van der Waals surface area contributed by atoms with Crippen molar-refractivity contribution in [3.05, 3.63) is 23.8 Å². The fourth-order valence-corrected chi connectivity index (χ4v) is 2.96. The first-order valence-corrected chi connectivity index (χ1v) is 8.11. The van der Waals surface area contributed by atoms with Crippen molar-refractivity contribution < 1.29 is 9.59 Å². The maximum Gasteiger partial charge on any atom is 0.319 e. The van der Waals surface area contributed by atoms with Gasteiger partial charge in [0.05, 0.1) is 0 Å². The summed E-state index contributed by atoms with van der Waals surface area (Å²) in [6, 6.07) is 5.93. The van der Waals surface area contributed by atoms with Gasteiger partial charge < -0.3 is 21.3 Å². The minimum Gasteiger partial charge on any atom is -0.335 e. The van der Waals surface area contributed by atoms with Crippen LogP contribution >= 0.6 is 0 Å². The lowest BCUT2D eigenvalue weighted by Gasteiger charge is -2.29. The summed E-state index contributed by atoms with van der Waals surface area (Å²) in [4.78, 5) is 23.4. The molecule has 1 aromatic carbocycles. The summed E-state index contributed by atoms with van der Waals surface area (Å²) < 4.78 is 0. The van der Waals surface area contributed by atoms with Crippen molar-refractivity contribution in [1.29, 1.82) is 0 Å². The van der Waals surface area contributed by atoms with Crippen molar-refractivity contribution >= 4 is 23.3 Å². The molecule has 23 heavy (non-hydrogen) atoms. The van der Waals surface area contributed by atoms with Gasteiger partial charge in [-0.1, -0.05) is 6.07 Å². The SMILES string of the molecule is CNC1CCCC(NC(=O)Nc2cc(NC(C)=O)ccc2C)C1. The highest BCUT2D eigenvalue weighted by molar-refractivity contribution is 5.93. The molecule has 3 amide bonds. The second-order valence-electron chi connectivity index (χ2n) is 6.16. The molecule has 1 aliphatic rings. The molecule has 2 rings (SSSR count). The molecule has 1 aliphatic carbocycles. The number of hydrogen-bond donors (Lipinski definition) is 4. The van der Waals surface area contributed by atoms with Gasteiger partial charge in [0, 0.05) is 30.4 Å². The zero-order valence-electron chi connectivity index (χ0n) is 14.0. The molecular formula is C17H26N4O2. The standard InChI is InChI=1S/C17H26N4O2/c1-11-7-8-15(19-12(2)22)10-16(11)21-17(23)20-14-6-4-5-13(9-14)18-3/h7-8,10,13-14,18H,4-6,9H2,1-3H3,(H,19,22)(H2,20,21,23). The van der Waals surface area contributed by atoms with E-state index >= 15 is 0 Å². The first kappa shape index (κ1) is 17.3. The third kappa shape index (κ3) is 5.25. The molecule has 1 aromatic rings. The molecule has 2 atom stereocenters. The van der Waals surface area contributed by atoms with E-state index in [1.807, 2.05) is 26.1 Å². The van der Waals surface area contributed by atoms with E-state index in [2.05, 4.69) is 21.3 Å². The Bertz CT molecular complexity index is 574. The Morgan fingerprint density at radius 3 is 2.57 bits per heavy atom. The van der Waals surface area contributed by atoms with E-state index in [1.54, 1.807) is 6.07 Å². The monoisotopic (exact) mass is 318 g/mol. The molecule has 0 saturated heterocycles. The number of hydrogen-bond acceptors (Lipinski definition) is 3. The summed E-state index contributed by atoms with van der Waals surface area (Å²) >= 11 is 0. The van der Waals surface area contributed by atoms with Crippen molar-refractivity contribution in [1.82, 2.24) is 10.6 Å². The lowest BCUT2D eigenvalue weighted by Crippen LogP contribution is -2.44. The van der Waals surface area contributed by atoms with Gasteiger partial charge in [0.15, 0.2) is 0 Å². The highest BCUT2D eigenvalue weighted by Gasteiger charge is 2.22. The van der Waals surface area contributed by atoms with Crippen LogP contribution in [0, 0.1) is 6.92 Å². The van der Waals surface area contributed by atoms with E-state index in [-0.39, 0.29) is 18.0 Å². The first-order valence-electron chi connectivity index (χ1n) is 8.11. The van der Waals surface area contributed by atoms with Crippen molar-refractivity contribution in [2.24, 2.45) is 0 Å². The van der Waals surface area contributed by atoms with E-state index in [0.717, 1.165) is 31.2 Å². The van der Waals surface area contributed by atoms with E-state index in [1.165, 1.54) is 6.92 Å². The van der Waals surface area contributed by atoms with Crippen LogP contribution in [-0.2, 0) is 4.79 Å². The van der Waals surface area contributed by atoms with Gasteiger partial charge >= 0.3 is 6.03 Å². The second-order valence-corrected chi connectivity index (χ2v) is 6.16. The fourth-order valence-electron chi connectivity index (χ4n) is 2.96. The van der Waals surface area contributed by atoms with Crippen molar-refractivity contribution in [2.45, 2.75) is 51.6 Å². The molecule has 6 heteroatoms. The lowest BCUT2D eigenvalue weighted by atomic mass is 9.91. The Morgan fingerprint density at radius 1 is 1.13 bits per heavy atom. The number of carbonyl (C=O) groups excluding carboxylic acids is 2. The van der Waals surface area contributed by atoms with E-state index in [9.17, 15) is 9.59 Å². The average molecular weight is 318 g/mol. The topological polar surface area (TPSA) is 82.3 Å². The zero-order valence-corrected chi connectivity index (χ0v) is 14.0. The van der Waals surface area contributed by atoms with Crippen molar-refractivity contribution in [2.75, 3.05) is 17.7 Å². The maximum absolute atomic E-state index is 12.2. The van der Waals surface area contributed by atoms with Crippen LogP contribution in [0.1, 0.15) is 38.2 Å². The molecule has 0 spiro atoms. The minimum atomic E-state index is -0.199. The van der Waals surface area contributed by atoms with Gasteiger partial charge in [-0.2, -0.15) is 0 Å². The molecule has 0 aromatic heterocycles. The number of benzene rings is 1. The second kappa shape index (κ2) is 7.97. The maximum atomic E-state index is 12.2. The Kier molecular flexibility index (Phi) is 5.98. The summed E-state index contributed by atoms with van der Waals surface area (Å²) in [6.07, 6.45) is 4.24. The average Bonchev–Trinajstić information content (AvgIpc) is 2.50.